The summed E-state index contributed by atoms with van der Waals surface area (Å²) in [7, 11) is 1.85. The number of hydrogen-bond donors (Lipinski definition) is 1. The van der Waals surface area contributed by atoms with Crippen LogP contribution < -0.4 is 5.32 Å². The van der Waals surface area contributed by atoms with E-state index in [1.165, 1.54) is 0 Å². The molecule has 0 atom stereocenters. The van der Waals surface area contributed by atoms with Crippen LogP contribution in [0.1, 0.15) is 20.8 Å². The summed E-state index contributed by atoms with van der Waals surface area (Å²) in [6.45, 7) is 6.25. The largest absolute Gasteiger partial charge is 0.319 e. The fourth-order valence-corrected chi connectivity index (χ4v) is 0.566. The Kier molecular flexibility index (Phi) is 2.85. The number of Topliss-reactive ketones (excluding diaryl/α,β-unsaturated/α-hetero) is 1. The fraction of sp³-hybridized carbons (Fsp3) is 0.857. The number of nitrogens with one attached hydrogen (secondary N) is 1. The van der Waals surface area contributed by atoms with Gasteiger partial charge in [-0.3, -0.25) is 4.79 Å². The Hall–Kier alpha value is -0.370. The summed E-state index contributed by atoms with van der Waals surface area (Å²) in [5, 5.41) is 2.97. The minimum absolute atomic E-state index is 0.200. The molecule has 0 aromatic rings. The van der Waals surface area contributed by atoms with E-state index in [1.807, 2.05) is 20.9 Å². The average molecular weight is 129 g/mol. The van der Waals surface area contributed by atoms with Gasteiger partial charge in [0.25, 0.3) is 0 Å². The van der Waals surface area contributed by atoms with E-state index in [9.17, 15) is 4.79 Å². The van der Waals surface area contributed by atoms with Gasteiger partial charge in [-0.25, -0.2) is 0 Å². The highest BCUT2D eigenvalue weighted by Gasteiger charge is 2.21. The SMILES string of the molecule is CNCC(C)(C)C(C)=O. The highest BCUT2D eigenvalue weighted by molar-refractivity contribution is 5.81. The van der Waals surface area contributed by atoms with Crippen LogP contribution >= 0.6 is 0 Å². The second-order valence-corrected chi connectivity index (χ2v) is 2.97. The van der Waals surface area contributed by atoms with E-state index in [0.717, 1.165) is 6.54 Å². The zero-order valence-corrected chi connectivity index (χ0v) is 6.62. The molecule has 54 valence electrons. The molecule has 0 heterocycles. The van der Waals surface area contributed by atoms with Gasteiger partial charge in [0.15, 0.2) is 0 Å². The topological polar surface area (TPSA) is 29.1 Å². The van der Waals surface area contributed by atoms with Gasteiger partial charge >= 0.3 is 0 Å². The van der Waals surface area contributed by atoms with Crippen molar-refractivity contribution in [3.63, 3.8) is 0 Å². The number of ketones is 1. The van der Waals surface area contributed by atoms with Gasteiger partial charge in [0.2, 0.25) is 0 Å². The maximum Gasteiger partial charge on any atom is 0.136 e. The molecule has 1 N–H and O–H groups in total. The van der Waals surface area contributed by atoms with E-state index in [4.69, 9.17) is 0 Å². The molecule has 0 aromatic heterocycles. The molecule has 9 heavy (non-hydrogen) atoms. The average Bonchev–Trinajstić information content (AvgIpc) is 1.65. The Morgan fingerprint density at radius 3 is 2.11 bits per heavy atom. The maximum atomic E-state index is 10.8. The van der Waals surface area contributed by atoms with Crippen molar-refractivity contribution in [1.29, 1.82) is 0 Å². The van der Waals surface area contributed by atoms with Crippen LogP contribution in [0.25, 0.3) is 0 Å². The monoisotopic (exact) mass is 129 g/mol. The first-order valence-electron chi connectivity index (χ1n) is 3.16. The van der Waals surface area contributed by atoms with Gasteiger partial charge in [-0.2, -0.15) is 0 Å². The Labute approximate surface area is 56.6 Å². The van der Waals surface area contributed by atoms with E-state index < -0.39 is 0 Å². The van der Waals surface area contributed by atoms with Gasteiger partial charge in [-0.05, 0) is 14.0 Å². The summed E-state index contributed by atoms with van der Waals surface area (Å²) < 4.78 is 0. The quantitative estimate of drug-likeness (QED) is 0.611. The molecule has 0 aliphatic heterocycles. The van der Waals surface area contributed by atoms with Crippen molar-refractivity contribution < 1.29 is 4.79 Å². The molecule has 0 aromatic carbocycles. The zero-order valence-electron chi connectivity index (χ0n) is 6.62. The second kappa shape index (κ2) is 2.97. The van der Waals surface area contributed by atoms with Crippen LogP contribution in [-0.4, -0.2) is 19.4 Å². The lowest BCUT2D eigenvalue weighted by Gasteiger charge is -2.19. The van der Waals surface area contributed by atoms with Gasteiger partial charge in [-0.1, -0.05) is 13.8 Å². The summed E-state index contributed by atoms with van der Waals surface area (Å²) in [4.78, 5) is 10.8. The Morgan fingerprint density at radius 1 is 1.56 bits per heavy atom. The Balaban J connectivity index is 3.85. The molecule has 0 fully saturated rings. The molecular weight excluding hydrogens is 114 g/mol. The van der Waals surface area contributed by atoms with Crippen LogP contribution in [-0.2, 0) is 4.79 Å². The minimum atomic E-state index is -0.200. The molecule has 2 heteroatoms. The van der Waals surface area contributed by atoms with Crippen molar-refractivity contribution in [1.82, 2.24) is 5.32 Å². The van der Waals surface area contributed by atoms with Gasteiger partial charge in [-0.15, -0.1) is 0 Å². The van der Waals surface area contributed by atoms with Crippen LogP contribution in [0.3, 0.4) is 0 Å². The molecule has 0 aliphatic rings. The van der Waals surface area contributed by atoms with Crippen molar-refractivity contribution in [2.45, 2.75) is 20.8 Å². The van der Waals surface area contributed by atoms with Crippen LogP contribution in [0.4, 0.5) is 0 Å². The third-order valence-corrected chi connectivity index (χ3v) is 1.57. The molecule has 0 unspecified atom stereocenters. The first-order valence-corrected chi connectivity index (χ1v) is 3.16. The molecule has 0 spiro atoms. The van der Waals surface area contributed by atoms with Crippen LogP contribution in [0.15, 0.2) is 0 Å². The Bertz CT molecular complexity index is 107. The lowest BCUT2D eigenvalue weighted by Crippen LogP contribution is -2.32. The second-order valence-electron chi connectivity index (χ2n) is 2.97. The van der Waals surface area contributed by atoms with Crippen molar-refractivity contribution in [2.24, 2.45) is 5.41 Å². The molecule has 0 rings (SSSR count). The van der Waals surface area contributed by atoms with E-state index in [0.29, 0.717) is 0 Å². The standard InChI is InChI=1S/C7H15NO/c1-6(9)7(2,3)5-8-4/h8H,5H2,1-4H3. The molecule has 0 saturated heterocycles. The van der Waals surface area contributed by atoms with Crippen molar-refractivity contribution in [3.8, 4) is 0 Å². The number of rotatable bonds is 3. The smallest absolute Gasteiger partial charge is 0.136 e. The summed E-state index contributed by atoms with van der Waals surface area (Å²) in [6, 6.07) is 0. The summed E-state index contributed by atoms with van der Waals surface area (Å²) in [5.74, 6) is 0.233. The van der Waals surface area contributed by atoms with Gasteiger partial charge in [0.05, 0.1) is 0 Å². The van der Waals surface area contributed by atoms with Crippen LogP contribution in [0.2, 0.25) is 0 Å². The van der Waals surface area contributed by atoms with Crippen molar-refractivity contribution in [3.05, 3.63) is 0 Å². The Morgan fingerprint density at radius 2 is 2.00 bits per heavy atom. The van der Waals surface area contributed by atoms with E-state index >= 15 is 0 Å². The first-order chi connectivity index (χ1) is 4.00. The predicted molar refractivity (Wildman–Crippen MR) is 38.4 cm³/mol. The van der Waals surface area contributed by atoms with E-state index in [1.54, 1.807) is 6.92 Å². The van der Waals surface area contributed by atoms with Gasteiger partial charge < -0.3 is 5.32 Å². The van der Waals surface area contributed by atoms with Gasteiger partial charge in [0.1, 0.15) is 5.78 Å². The van der Waals surface area contributed by atoms with Crippen molar-refractivity contribution in [2.75, 3.05) is 13.6 Å². The molecule has 0 aliphatic carbocycles. The molecule has 0 amide bonds. The lowest BCUT2D eigenvalue weighted by atomic mass is 9.89. The predicted octanol–water partition coefficient (Wildman–Crippen LogP) is 0.821. The number of carbonyl (C=O) groups is 1. The fourth-order valence-electron chi connectivity index (χ4n) is 0.566. The maximum absolute atomic E-state index is 10.8. The highest BCUT2D eigenvalue weighted by Crippen LogP contribution is 2.13. The summed E-state index contributed by atoms with van der Waals surface area (Å²) in [5.41, 5.74) is -0.200. The number of hydrogen-bond acceptors (Lipinski definition) is 2. The normalized spacial score (nSPS) is 11.6. The minimum Gasteiger partial charge on any atom is -0.319 e. The van der Waals surface area contributed by atoms with E-state index in [-0.39, 0.29) is 11.2 Å². The third-order valence-electron chi connectivity index (χ3n) is 1.57. The van der Waals surface area contributed by atoms with Gasteiger partial charge in [0, 0.05) is 12.0 Å². The van der Waals surface area contributed by atoms with Crippen LogP contribution in [0.5, 0.6) is 0 Å². The summed E-state index contributed by atoms with van der Waals surface area (Å²) >= 11 is 0. The lowest BCUT2D eigenvalue weighted by molar-refractivity contribution is -0.124. The van der Waals surface area contributed by atoms with Crippen LogP contribution in [0, 0.1) is 5.41 Å². The molecule has 0 bridgehead atoms. The number of carbonyl (C=O) groups excluding carboxylic acids is 1. The molecule has 2 nitrogen and oxygen atoms in total. The highest BCUT2D eigenvalue weighted by atomic mass is 16.1. The van der Waals surface area contributed by atoms with Crippen molar-refractivity contribution >= 4 is 5.78 Å². The molecule has 0 radical (unpaired) electrons. The first kappa shape index (κ1) is 8.63. The summed E-state index contributed by atoms with van der Waals surface area (Å²) in [6.07, 6.45) is 0. The zero-order chi connectivity index (χ0) is 7.49. The molecule has 0 saturated carbocycles. The third kappa shape index (κ3) is 2.61. The molecular formula is C7H15NO. The van der Waals surface area contributed by atoms with E-state index in [2.05, 4.69) is 5.32 Å².